The molecule has 2 aromatic carbocycles. The highest BCUT2D eigenvalue weighted by atomic mass is 19.1. The van der Waals surface area contributed by atoms with Gasteiger partial charge >= 0.3 is 0 Å². The van der Waals surface area contributed by atoms with E-state index in [-0.39, 0.29) is 23.7 Å². The van der Waals surface area contributed by atoms with E-state index in [0.29, 0.717) is 25.9 Å². The number of hydrogen-bond donors (Lipinski definition) is 3. The average molecular weight is 397 g/mol. The third kappa shape index (κ3) is 4.34. The van der Waals surface area contributed by atoms with E-state index >= 15 is 0 Å². The van der Waals surface area contributed by atoms with E-state index in [1.807, 2.05) is 24.3 Å². The monoisotopic (exact) mass is 397 g/mol. The van der Waals surface area contributed by atoms with Crippen LogP contribution in [-0.2, 0) is 11.3 Å². The van der Waals surface area contributed by atoms with Crippen LogP contribution in [0, 0.1) is 5.82 Å². The number of hydrogen-bond acceptors (Lipinski definition) is 4. The smallest absolute Gasteiger partial charge is 0.240 e. The Labute approximate surface area is 170 Å². The van der Waals surface area contributed by atoms with Crippen LogP contribution in [0.25, 0.3) is 0 Å². The highest BCUT2D eigenvalue weighted by molar-refractivity contribution is 5.83. The predicted octanol–water partition coefficient (Wildman–Crippen LogP) is 2.15. The van der Waals surface area contributed by atoms with Gasteiger partial charge in [-0.3, -0.25) is 9.69 Å². The van der Waals surface area contributed by atoms with Crippen LogP contribution in [0.2, 0.25) is 0 Å². The summed E-state index contributed by atoms with van der Waals surface area (Å²) in [5, 5.41) is 13.5. The molecule has 5 nitrogen and oxygen atoms in total. The first-order valence-corrected chi connectivity index (χ1v) is 10.2. The van der Waals surface area contributed by atoms with Gasteiger partial charge in [-0.15, -0.1) is 0 Å². The number of likely N-dealkylation sites (tertiary alicyclic amines) is 1. The van der Waals surface area contributed by atoms with Crippen molar-refractivity contribution in [2.75, 3.05) is 13.1 Å². The molecule has 1 aliphatic carbocycles. The zero-order chi connectivity index (χ0) is 20.4. The third-order valence-electron chi connectivity index (χ3n) is 6.33. The van der Waals surface area contributed by atoms with Crippen molar-refractivity contribution < 1.29 is 14.3 Å². The Kier molecular flexibility index (Phi) is 5.67. The van der Waals surface area contributed by atoms with Crippen molar-refractivity contribution in [3.05, 3.63) is 71.5 Å². The van der Waals surface area contributed by atoms with Crippen LogP contribution in [-0.4, -0.2) is 46.7 Å². The number of rotatable bonds is 6. The normalized spacial score (nSPS) is 24.7. The van der Waals surface area contributed by atoms with Crippen molar-refractivity contribution in [2.45, 2.75) is 49.4 Å². The quantitative estimate of drug-likeness (QED) is 0.698. The molecule has 2 aliphatic rings. The summed E-state index contributed by atoms with van der Waals surface area (Å²) in [5.74, 6) is -0.656. The molecule has 3 atom stereocenters. The van der Waals surface area contributed by atoms with E-state index in [2.05, 4.69) is 22.3 Å². The van der Waals surface area contributed by atoms with Crippen LogP contribution in [0.1, 0.15) is 36.3 Å². The SMILES string of the molecule is NC(C(=O)N[C@@H]1CN(Cc2ccccc2)C[C@H]1c1cccc(F)c1)C1(O)CCC1. The van der Waals surface area contributed by atoms with E-state index in [9.17, 15) is 14.3 Å². The first-order valence-electron chi connectivity index (χ1n) is 10.2. The maximum absolute atomic E-state index is 13.8. The van der Waals surface area contributed by atoms with Crippen molar-refractivity contribution in [2.24, 2.45) is 5.73 Å². The number of amides is 1. The summed E-state index contributed by atoms with van der Waals surface area (Å²) >= 11 is 0. The van der Waals surface area contributed by atoms with Crippen LogP contribution in [0.4, 0.5) is 4.39 Å². The summed E-state index contributed by atoms with van der Waals surface area (Å²) in [6.07, 6.45) is 2.00. The molecule has 1 aliphatic heterocycles. The molecule has 0 spiro atoms. The summed E-state index contributed by atoms with van der Waals surface area (Å²) in [4.78, 5) is 15.0. The Morgan fingerprint density at radius 1 is 1.21 bits per heavy atom. The molecule has 2 aromatic rings. The molecule has 4 rings (SSSR count). The van der Waals surface area contributed by atoms with Gasteiger partial charge in [-0.1, -0.05) is 42.5 Å². The molecular weight excluding hydrogens is 369 g/mol. The topological polar surface area (TPSA) is 78.6 Å². The second-order valence-corrected chi connectivity index (χ2v) is 8.39. The highest BCUT2D eigenvalue weighted by Gasteiger charge is 2.45. The van der Waals surface area contributed by atoms with Gasteiger partial charge in [0.25, 0.3) is 0 Å². The second kappa shape index (κ2) is 8.22. The minimum absolute atomic E-state index is 0.0402. The molecule has 1 unspecified atom stereocenters. The molecular formula is C23H28FN3O2. The largest absolute Gasteiger partial charge is 0.388 e. The Hall–Kier alpha value is -2.28. The average Bonchev–Trinajstić information content (AvgIpc) is 3.08. The number of halogens is 1. The van der Waals surface area contributed by atoms with Crippen molar-refractivity contribution >= 4 is 5.91 Å². The van der Waals surface area contributed by atoms with Crippen LogP contribution in [0.15, 0.2) is 54.6 Å². The number of nitrogens with one attached hydrogen (secondary N) is 1. The standard InChI is InChI=1S/C23H28FN3O2/c24-18-9-4-8-17(12-18)19-14-27(13-16-6-2-1-3-7-16)15-20(19)26-22(28)21(25)23(29)10-5-11-23/h1-4,6-9,12,19-21,29H,5,10-11,13-15,25H2,(H,26,28)/t19-,20+,21?/m0/s1. The number of aliphatic hydroxyl groups is 1. The van der Waals surface area contributed by atoms with Crippen LogP contribution < -0.4 is 11.1 Å². The highest BCUT2D eigenvalue weighted by Crippen LogP contribution is 2.35. The van der Waals surface area contributed by atoms with Gasteiger partial charge < -0.3 is 16.2 Å². The van der Waals surface area contributed by atoms with E-state index in [1.165, 1.54) is 17.7 Å². The van der Waals surface area contributed by atoms with E-state index in [0.717, 1.165) is 18.5 Å². The molecule has 6 heteroatoms. The molecule has 1 heterocycles. The summed E-state index contributed by atoms with van der Waals surface area (Å²) < 4.78 is 13.8. The minimum atomic E-state index is -1.10. The fourth-order valence-corrected chi connectivity index (χ4v) is 4.44. The van der Waals surface area contributed by atoms with Crippen molar-refractivity contribution in [3.8, 4) is 0 Å². The van der Waals surface area contributed by atoms with Crippen molar-refractivity contribution in [1.29, 1.82) is 0 Å². The summed E-state index contributed by atoms with van der Waals surface area (Å²) in [6.45, 7) is 2.12. The van der Waals surface area contributed by atoms with Gasteiger partial charge in [0, 0.05) is 31.6 Å². The lowest BCUT2D eigenvalue weighted by Gasteiger charge is -2.41. The van der Waals surface area contributed by atoms with Crippen molar-refractivity contribution in [1.82, 2.24) is 10.2 Å². The van der Waals surface area contributed by atoms with Gasteiger partial charge in [0.15, 0.2) is 0 Å². The van der Waals surface area contributed by atoms with Crippen LogP contribution in [0.5, 0.6) is 0 Å². The first-order chi connectivity index (χ1) is 13.9. The Bertz CT molecular complexity index is 856. The summed E-state index contributed by atoms with van der Waals surface area (Å²) in [7, 11) is 0. The molecule has 1 saturated heterocycles. The van der Waals surface area contributed by atoms with Gasteiger partial charge in [0.2, 0.25) is 5.91 Å². The molecule has 154 valence electrons. The predicted molar refractivity (Wildman–Crippen MR) is 110 cm³/mol. The first kappa shape index (κ1) is 20.0. The van der Waals surface area contributed by atoms with Gasteiger partial charge in [0.05, 0.1) is 5.60 Å². The fourth-order valence-electron chi connectivity index (χ4n) is 4.44. The van der Waals surface area contributed by atoms with Crippen LogP contribution in [0.3, 0.4) is 0 Å². The van der Waals surface area contributed by atoms with E-state index in [1.54, 1.807) is 6.07 Å². The maximum atomic E-state index is 13.8. The zero-order valence-corrected chi connectivity index (χ0v) is 16.4. The molecule has 29 heavy (non-hydrogen) atoms. The number of benzene rings is 2. The molecule has 1 saturated carbocycles. The third-order valence-corrected chi connectivity index (χ3v) is 6.33. The second-order valence-electron chi connectivity index (χ2n) is 8.39. The lowest BCUT2D eigenvalue weighted by molar-refractivity contribution is -0.134. The maximum Gasteiger partial charge on any atom is 0.240 e. The van der Waals surface area contributed by atoms with Crippen LogP contribution >= 0.6 is 0 Å². The van der Waals surface area contributed by atoms with Crippen molar-refractivity contribution in [3.63, 3.8) is 0 Å². The lowest BCUT2D eigenvalue weighted by Crippen LogP contribution is -2.61. The Balaban J connectivity index is 1.50. The van der Waals surface area contributed by atoms with Gasteiger partial charge in [0.1, 0.15) is 11.9 Å². The molecule has 1 amide bonds. The molecule has 0 bridgehead atoms. The zero-order valence-electron chi connectivity index (χ0n) is 16.4. The molecule has 0 aromatic heterocycles. The van der Waals surface area contributed by atoms with Gasteiger partial charge in [-0.2, -0.15) is 0 Å². The molecule has 0 radical (unpaired) electrons. The number of nitrogens with zero attached hydrogens (tertiary/aromatic N) is 1. The van der Waals surface area contributed by atoms with Gasteiger partial charge in [-0.05, 0) is 42.5 Å². The van der Waals surface area contributed by atoms with E-state index < -0.39 is 11.6 Å². The summed E-state index contributed by atoms with van der Waals surface area (Å²) in [6, 6.07) is 15.6. The molecule has 2 fully saturated rings. The van der Waals surface area contributed by atoms with Gasteiger partial charge in [-0.25, -0.2) is 4.39 Å². The summed E-state index contributed by atoms with van der Waals surface area (Å²) in [5.41, 5.74) is 7.02. The fraction of sp³-hybridized carbons (Fsp3) is 0.435. The number of carbonyl (C=O) groups is 1. The lowest BCUT2D eigenvalue weighted by atomic mass is 9.74. The van der Waals surface area contributed by atoms with E-state index in [4.69, 9.17) is 5.73 Å². The minimum Gasteiger partial charge on any atom is -0.388 e. The number of carbonyl (C=O) groups excluding carboxylic acids is 1. The number of nitrogens with two attached hydrogens (primary N) is 1. The Morgan fingerprint density at radius 3 is 2.62 bits per heavy atom. The molecule has 4 N–H and O–H groups in total. The Morgan fingerprint density at radius 2 is 1.97 bits per heavy atom.